The number of aryl methyl sites for hydroxylation is 2. The molecule has 0 saturated carbocycles. The van der Waals surface area contributed by atoms with Gasteiger partial charge in [-0.3, -0.25) is 0 Å². The van der Waals surface area contributed by atoms with Crippen LogP contribution in [-0.2, 0) is 19.4 Å². The second-order valence-corrected chi connectivity index (χ2v) is 3.54. The Balaban J connectivity index is 2.69. The first-order valence-corrected chi connectivity index (χ1v) is 5.46. The van der Waals surface area contributed by atoms with Gasteiger partial charge in [-0.25, -0.2) is 9.67 Å². The number of aliphatic hydroxyl groups is 1. The van der Waals surface area contributed by atoms with Crippen LogP contribution in [0.25, 0.3) is 0 Å². The van der Waals surface area contributed by atoms with Gasteiger partial charge in [-0.1, -0.05) is 13.8 Å². The molecule has 0 radical (unpaired) electrons. The molecule has 0 aliphatic heterocycles. The first-order valence-electron chi connectivity index (χ1n) is 5.46. The van der Waals surface area contributed by atoms with E-state index in [1.54, 1.807) is 4.68 Å². The molecule has 0 aliphatic rings. The fraction of sp³-hybridized carbons (Fsp3) is 0.800. The molecule has 0 aromatic carbocycles. The number of nitrogens with zero attached hydrogens (tertiary/aromatic N) is 3. The molecule has 1 heterocycles. The van der Waals surface area contributed by atoms with Crippen LogP contribution in [-0.4, -0.2) is 39.6 Å². The molecule has 0 aliphatic carbocycles. The van der Waals surface area contributed by atoms with Crippen LogP contribution in [0.1, 0.15) is 25.5 Å². The summed E-state index contributed by atoms with van der Waals surface area (Å²) in [7, 11) is 1.82. The topological polar surface area (TPSA) is 63.0 Å². The SMILES string of the molecule is CCc1nc(CC)n(CC(O)CNC)n1. The smallest absolute Gasteiger partial charge is 0.150 e. The predicted octanol–water partition coefficient (Wildman–Crippen LogP) is -0.0168. The molecule has 1 aromatic rings. The first-order chi connectivity index (χ1) is 7.21. The lowest BCUT2D eigenvalue weighted by Crippen LogP contribution is -2.29. The second kappa shape index (κ2) is 5.82. The van der Waals surface area contributed by atoms with Gasteiger partial charge in [0.2, 0.25) is 0 Å². The number of nitrogens with one attached hydrogen (secondary N) is 1. The average Bonchev–Trinajstić information content (AvgIpc) is 2.60. The lowest BCUT2D eigenvalue weighted by Gasteiger charge is -2.10. The van der Waals surface area contributed by atoms with Crippen molar-refractivity contribution in [1.82, 2.24) is 20.1 Å². The quantitative estimate of drug-likeness (QED) is 0.696. The monoisotopic (exact) mass is 212 g/mol. The van der Waals surface area contributed by atoms with Crippen LogP contribution in [0, 0.1) is 0 Å². The minimum atomic E-state index is -0.410. The van der Waals surface area contributed by atoms with Crippen LogP contribution in [0.15, 0.2) is 0 Å². The third kappa shape index (κ3) is 3.28. The summed E-state index contributed by atoms with van der Waals surface area (Å²) < 4.78 is 1.81. The van der Waals surface area contributed by atoms with E-state index in [2.05, 4.69) is 15.4 Å². The second-order valence-electron chi connectivity index (χ2n) is 3.54. The van der Waals surface area contributed by atoms with E-state index < -0.39 is 6.10 Å². The fourth-order valence-electron chi connectivity index (χ4n) is 1.48. The van der Waals surface area contributed by atoms with Crippen molar-refractivity contribution < 1.29 is 5.11 Å². The molecule has 1 atom stereocenters. The van der Waals surface area contributed by atoms with E-state index in [1.165, 1.54) is 0 Å². The van der Waals surface area contributed by atoms with Crippen LogP contribution in [0.5, 0.6) is 0 Å². The molecule has 5 heteroatoms. The van der Waals surface area contributed by atoms with E-state index in [4.69, 9.17) is 0 Å². The van der Waals surface area contributed by atoms with E-state index in [1.807, 2.05) is 20.9 Å². The number of aliphatic hydroxyl groups excluding tert-OH is 1. The summed E-state index contributed by atoms with van der Waals surface area (Å²) in [6.07, 6.45) is 1.27. The summed E-state index contributed by atoms with van der Waals surface area (Å²) in [5, 5.41) is 16.9. The number of aromatic nitrogens is 3. The molecule has 5 nitrogen and oxygen atoms in total. The molecule has 0 fully saturated rings. The largest absolute Gasteiger partial charge is 0.390 e. The maximum atomic E-state index is 9.65. The normalized spacial score (nSPS) is 13.1. The highest BCUT2D eigenvalue weighted by Gasteiger charge is 2.10. The van der Waals surface area contributed by atoms with Crippen molar-refractivity contribution in [3.05, 3.63) is 11.6 Å². The maximum Gasteiger partial charge on any atom is 0.150 e. The Bertz CT molecular complexity index is 298. The third-order valence-electron chi connectivity index (χ3n) is 2.25. The highest BCUT2D eigenvalue weighted by Crippen LogP contribution is 2.02. The minimum Gasteiger partial charge on any atom is -0.390 e. The van der Waals surface area contributed by atoms with Gasteiger partial charge in [-0.05, 0) is 7.05 Å². The molecule has 86 valence electrons. The highest BCUT2D eigenvalue weighted by molar-refractivity contribution is 4.93. The summed E-state index contributed by atoms with van der Waals surface area (Å²) >= 11 is 0. The Labute approximate surface area is 90.5 Å². The zero-order valence-electron chi connectivity index (χ0n) is 9.69. The molecular weight excluding hydrogens is 192 g/mol. The standard InChI is InChI=1S/C10H20N4O/c1-4-9-12-10(5-2)14(13-9)7-8(15)6-11-3/h8,11,15H,4-7H2,1-3H3. The van der Waals surface area contributed by atoms with Gasteiger partial charge in [0, 0.05) is 19.4 Å². The van der Waals surface area contributed by atoms with E-state index in [0.717, 1.165) is 24.5 Å². The van der Waals surface area contributed by atoms with Crippen LogP contribution >= 0.6 is 0 Å². The van der Waals surface area contributed by atoms with Crippen molar-refractivity contribution in [2.75, 3.05) is 13.6 Å². The number of rotatable bonds is 6. The van der Waals surface area contributed by atoms with Crippen molar-refractivity contribution in [3.63, 3.8) is 0 Å². The summed E-state index contributed by atoms with van der Waals surface area (Å²) in [6.45, 7) is 5.16. The molecule has 0 bridgehead atoms. The van der Waals surface area contributed by atoms with Gasteiger partial charge in [-0.15, -0.1) is 0 Å². The van der Waals surface area contributed by atoms with E-state index >= 15 is 0 Å². The Hall–Kier alpha value is -0.940. The van der Waals surface area contributed by atoms with E-state index in [-0.39, 0.29) is 0 Å². The lowest BCUT2D eigenvalue weighted by atomic mass is 10.3. The van der Waals surface area contributed by atoms with Gasteiger partial charge >= 0.3 is 0 Å². The maximum absolute atomic E-state index is 9.65. The third-order valence-corrected chi connectivity index (χ3v) is 2.25. The Morgan fingerprint density at radius 2 is 2.13 bits per heavy atom. The summed E-state index contributed by atoms with van der Waals surface area (Å²) in [6, 6.07) is 0. The van der Waals surface area contributed by atoms with Gasteiger partial charge in [-0.2, -0.15) is 5.10 Å². The summed E-state index contributed by atoms with van der Waals surface area (Å²) in [5.74, 6) is 1.80. The predicted molar refractivity (Wildman–Crippen MR) is 58.7 cm³/mol. The molecule has 0 saturated heterocycles. The van der Waals surface area contributed by atoms with E-state index in [0.29, 0.717) is 13.1 Å². The molecule has 1 rings (SSSR count). The number of hydrogen-bond acceptors (Lipinski definition) is 4. The van der Waals surface area contributed by atoms with Gasteiger partial charge in [0.1, 0.15) is 5.82 Å². The van der Waals surface area contributed by atoms with Crippen LogP contribution in [0.3, 0.4) is 0 Å². The molecule has 1 aromatic heterocycles. The van der Waals surface area contributed by atoms with Crippen LogP contribution in [0.2, 0.25) is 0 Å². The molecule has 0 amide bonds. The Morgan fingerprint density at radius 3 is 2.67 bits per heavy atom. The van der Waals surface area contributed by atoms with Gasteiger partial charge < -0.3 is 10.4 Å². The zero-order valence-corrected chi connectivity index (χ0v) is 9.69. The van der Waals surface area contributed by atoms with Gasteiger partial charge in [0.25, 0.3) is 0 Å². The fourth-order valence-corrected chi connectivity index (χ4v) is 1.48. The Morgan fingerprint density at radius 1 is 1.40 bits per heavy atom. The lowest BCUT2D eigenvalue weighted by molar-refractivity contribution is 0.148. The number of likely N-dealkylation sites (N-methyl/N-ethyl adjacent to an activating group) is 1. The Kier molecular flexibility index (Phi) is 4.71. The van der Waals surface area contributed by atoms with Crippen molar-refractivity contribution in [2.24, 2.45) is 0 Å². The van der Waals surface area contributed by atoms with Gasteiger partial charge in [0.15, 0.2) is 5.82 Å². The molecule has 1 unspecified atom stereocenters. The molecule has 0 spiro atoms. The number of hydrogen-bond donors (Lipinski definition) is 2. The molecular formula is C10H20N4O. The first kappa shape index (κ1) is 12.1. The van der Waals surface area contributed by atoms with Gasteiger partial charge in [0.05, 0.1) is 12.6 Å². The molecule has 15 heavy (non-hydrogen) atoms. The summed E-state index contributed by atoms with van der Waals surface area (Å²) in [4.78, 5) is 4.38. The minimum absolute atomic E-state index is 0.410. The van der Waals surface area contributed by atoms with Crippen LogP contribution < -0.4 is 5.32 Å². The van der Waals surface area contributed by atoms with Crippen molar-refractivity contribution in [3.8, 4) is 0 Å². The molecule has 2 N–H and O–H groups in total. The zero-order chi connectivity index (χ0) is 11.3. The van der Waals surface area contributed by atoms with Crippen molar-refractivity contribution >= 4 is 0 Å². The summed E-state index contributed by atoms with van der Waals surface area (Å²) in [5.41, 5.74) is 0. The van der Waals surface area contributed by atoms with Crippen molar-refractivity contribution in [1.29, 1.82) is 0 Å². The van der Waals surface area contributed by atoms with Crippen molar-refractivity contribution in [2.45, 2.75) is 39.3 Å². The highest BCUT2D eigenvalue weighted by atomic mass is 16.3. The van der Waals surface area contributed by atoms with Crippen LogP contribution in [0.4, 0.5) is 0 Å². The average molecular weight is 212 g/mol. The van der Waals surface area contributed by atoms with E-state index in [9.17, 15) is 5.11 Å².